The number of hydrogen-bond acceptors (Lipinski definition) is 7. The number of benzene rings is 1. The highest BCUT2D eigenvalue weighted by Gasteiger charge is 2.38. The summed E-state index contributed by atoms with van der Waals surface area (Å²) in [5, 5.41) is 35.1. The molecule has 1 aromatic rings. The number of hydrogen-bond donors (Lipinski definition) is 2. The smallest absolute Gasteiger partial charge is 0.298 e. The van der Waals surface area contributed by atoms with Crippen molar-refractivity contribution in [2.75, 3.05) is 0 Å². The number of nitrogens with two attached hydrogens (primary N) is 1. The van der Waals surface area contributed by atoms with Crippen LogP contribution in [0, 0.1) is 38.5 Å². The fourth-order valence-corrected chi connectivity index (χ4v) is 2.82. The summed E-state index contributed by atoms with van der Waals surface area (Å²) in [5.41, 5.74) is 3.05. The van der Waals surface area contributed by atoms with E-state index in [-0.39, 0.29) is 27.7 Å². The second-order valence-electron chi connectivity index (χ2n) is 5.07. The maximum Gasteiger partial charge on any atom is 0.298 e. The molecule has 0 aliphatic carbocycles. The van der Waals surface area contributed by atoms with Crippen molar-refractivity contribution in [1.29, 1.82) is 5.26 Å². The van der Waals surface area contributed by atoms with E-state index >= 15 is 0 Å². The van der Waals surface area contributed by atoms with Gasteiger partial charge in [0.1, 0.15) is 21.6 Å². The summed E-state index contributed by atoms with van der Waals surface area (Å²) >= 11 is 9.92. The molecule has 1 aromatic carbocycles. The molecular weight excluding hydrogens is 354 g/mol. The van der Waals surface area contributed by atoms with Gasteiger partial charge in [-0.2, -0.15) is 5.26 Å². The summed E-state index contributed by atoms with van der Waals surface area (Å²) in [7, 11) is 0. The maximum atomic E-state index is 11.6. The fourth-order valence-electron chi connectivity index (χ4n) is 2.19. The second kappa shape index (κ2) is 7.24. The average molecular weight is 367 g/mol. The van der Waals surface area contributed by atoms with Gasteiger partial charge in [0, 0.05) is 11.6 Å². The highest BCUT2D eigenvalue weighted by Crippen LogP contribution is 2.38. The molecule has 0 fully saturated rings. The van der Waals surface area contributed by atoms with E-state index in [1.54, 1.807) is 19.9 Å². The first kappa shape index (κ1) is 19.3. The van der Waals surface area contributed by atoms with Crippen molar-refractivity contribution in [3.05, 3.63) is 42.5 Å². The van der Waals surface area contributed by atoms with Gasteiger partial charge in [0.05, 0.1) is 15.4 Å². The Morgan fingerprint density at radius 3 is 2.04 bits per heavy atom. The highest BCUT2D eigenvalue weighted by molar-refractivity contribution is 7.81. The number of nitrogens with zero attached hydrogens (tertiary/aromatic N) is 3. The summed E-state index contributed by atoms with van der Waals surface area (Å²) < 4.78 is 0. The molecule has 0 unspecified atom stereocenters. The molecule has 0 spiro atoms. The van der Waals surface area contributed by atoms with Crippen LogP contribution in [0.3, 0.4) is 0 Å². The summed E-state index contributed by atoms with van der Waals surface area (Å²) in [4.78, 5) is 20.8. The number of nitro benzene ring substituents is 2. The lowest BCUT2D eigenvalue weighted by atomic mass is 9.93. The molecule has 0 aliphatic heterocycles. The van der Waals surface area contributed by atoms with Gasteiger partial charge in [-0.25, -0.2) is 0 Å². The molecule has 0 aromatic heterocycles. The zero-order valence-corrected chi connectivity index (χ0v) is 14.6. The van der Waals surface area contributed by atoms with Crippen LogP contribution >= 0.6 is 24.4 Å². The SMILES string of the molecule is Cc1c(C#N)c(C(N)=S)c([N+](=O)[O-])c(C(=S)NC(C)C)c1[N+](=O)[O-]. The van der Waals surface area contributed by atoms with Crippen LogP contribution in [0.25, 0.3) is 0 Å². The molecule has 0 atom stereocenters. The van der Waals surface area contributed by atoms with Crippen LogP contribution < -0.4 is 11.1 Å². The van der Waals surface area contributed by atoms with Gasteiger partial charge < -0.3 is 11.1 Å². The summed E-state index contributed by atoms with van der Waals surface area (Å²) in [6, 6.07) is 1.48. The van der Waals surface area contributed by atoms with Crippen LogP contribution in [0.5, 0.6) is 0 Å². The van der Waals surface area contributed by atoms with E-state index in [9.17, 15) is 25.5 Å². The maximum absolute atomic E-state index is 11.6. The lowest BCUT2D eigenvalue weighted by Crippen LogP contribution is -2.31. The zero-order chi connectivity index (χ0) is 18.8. The Morgan fingerprint density at radius 2 is 1.71 bits per heavy atom. The minimum absolute atomic E-state index is 0.0844. The van der Waals surface area contributed by atoms with Crippen LogP contribution in [0.2, 0.25) is 0 Å². The van der Waals surface area contributed by atoms with Crippen molar-refractivity contribution >= 4 is 45.8 Å². The van der Waals surface area contributed by atoms with Gasteiger partial charge in [-0.3, -0.25) is 20.2 Å². The standard InChI is InChI=1S/C13H13N5O4S2/c1-5(2)16-13(24)9-10(17(19)20)6(3)7(4-14)8(12(15)23)11(9)18(21)22/h5H,1-3H3,(H2,15,23)(H,16,24). The Morgan fingerprint density at radius 1 is 1.21 bits per heavy atom. The number of thiocarbonyl (C=S) groups is 2. The van der Waals surface area contributed by atoms with Crippen molar-refractivity contribution in [1.82, 2.24) is 5.32 Å². The first-order valence-electron chi connectivity index (χ1n) is 6.54. The van der Waals surface area contributed by atoms with Crippen molar-refractivity contribution < 1.29 is 9.85 Å². The van der Waals surface area contributed by atoms with E-state index in [4.69, 9.17) is 30.2 Å². The van der Waals surface area contributed by atoms with Crippen molar-refractivity contribution in [3.8, 4) is 6.07 Å². The highest BCUT2D eigenvalue weighted by atomic mass is 32.1. The summed E-state index contributed by atoms with van der Waals surface area (Å²) in [6.07, 6.45) is 0. The third-order valence-electron chi connectivity index (χ3n) is 3.06. The van der Waals surface area contributed by atoms with Gasteiger partial charge in [0.2, 0.25) is 0 Å². The van der Waals surface area contributed by atoms with Gasteiger partial charge in [-0.15, -0.1) is 0 Å². The Balaban J connectivity index is 4.13. The molecule has 0 bridgehead atoms. The number of nitriles is 1. The van der Waals surface area contributed by atoms with Crippen molar-refractivity contribution in [2.45, 2.75) is 26.8 Å². The lowest BCUT2D eigenvalue weighted by Gasteiger charge is -2.15. The third-order valence-corrected chi connectivity index (χ3v) is 3.59. The molecule has 0 saturated carbocycles. The normalized spacial score (nSPS) is 10.1. The van der Waals surface area contributed by atoms with E-state index in [1.807, 2.05) is 0 Å². The predicted molar refractivity (Wildman–Crippen MR) is 95.1 cm³/mol. The summed E-state index contributed by atoms with van der Waals surface area (Å²) in [6.45, 7) is 4.73. The van der Waals surface area contributed by atoms with E-state index in [1.165, 1.54) is 6.92 Å². The molecule has 11 heteroatoms. The molecule has 24 heavy (non-hydrogen) atoms. The largest absolute Gasteiger partial charge is 0.389 e. The Bertz CT molecular complexity index is 814. The predicted octanol–water partition coefficient (Wildman–Crippen LogP) is 1.99. The fraction of sp³-hybridized carbons (Fsp3) is 0.308. The van der Waals surface area contributed by atoms with Crippen LogP contribution in [0.4, 0.5) is 11.4 Å². The van der Waals surface area contributed by atoms with Gasteiger partial charge in [0.15, 0.2) is 5.56 Å². The Kier molecular flexibility index (Phi) is 5.83. The van der Waals surface area contributed by atoms with Crippen LogP contribution in [0.1, 0.15) is 36.1 Å². The average Bonchev–Trinajstić information content (AvgIpc) is 2.43. The quantitative estimate of drug-likeness (QED) is 0.452. The van der Waals surface area contributed by atoms with Crippen LogP contribution in [-0.4, -0.2) is 25.9 Å². The summed E-state index contributed by atoms with van der Waals surface area (Å²) in [5.74, 6) is 0. The first-order chi connectivity index (χ1) is 11.0. The molecule has 9 nitrogen and oxygen atoms in total. The molecule has 0 saturated heterocycles. The number of nitro groups is 2. The van der Waals surface area contributed by atoms with Gasteiger partial charge in [-0.1, -0.05) is 24.4 Å². The molecule has 0 amide bonds. The zero-order valence-electron chi connectivity index (χ0n) is 12.9. The Hall–Kier alpha value is -2.71. The first-order valence-corrected chi connectivity index (χ1v) is 7.36. The molecule has 3 N–H and O–H groups in total. The van der Waals surface area contributed by atoms with E-state index < -0.39 is 31.8 Å². The van der Waals surface area contributed by atoms with Crippen LogP contribution in [0.15, 0.2) is 0 Å². The molecule has 0 radical (unpaired) electrons. The third kappa shape index (κ3) is 3.44. The topological polar surface area (TPSA) is 148 Å². The molecule has 0 aliphatic rings. The minimum atomic E-state index is -0.870. The number of nitrogens with one attached hydrogen (secondary N) is 1. The second-order valence-corrected chi connectivity index (χ2v) is 5.91. The van der Waals surface area contributed by atoms with Crippen molar-refractivity contribution in [2.24, 2.45) is 5.73 Å². The van der Waals surface area contributed by atoms with Gasteiger partial charge in [0.25, 0.3) is 11.4 Å². The molecule has 126 valence electrons. The number of rotatable bonds is 5. The minimum Gasteiger partial charge on any atom is -0.389 e. The molecule has 0 heterocycles. The van der Waals surface area contributed by atoms with E-state index in [2.05, 4.69) is 5.32 Å². The lowest BCUT2D eigenvalue weighted by molar-refractivity contribution is -0.394. The Labute approximate surface area is 147 Å². The molecular formula is C13H13N5O4S2. The van der Waals surface area contributed by atoms with Crippen molar-refractivity contribution in [3.63, 3.8) is 0 Å². The van der Waals surface area contributed by atoms with Crippen LogP contribution in [-0.2, 0) is 0 Å². The molecule has 1 rings (SSSR count). The monoisotopic (exact) mass is 367 g/mol. The van der Waals surface area contributed by atoms with E-state index in [0.717, 1.165) is 0 Å². The van der Waals surface area contributed by atoms with E-state index in [0.29, 0.717) is 0 Å². The van der Waals surface area contributed by atoms with Gasteiger partial charge >= 0.3 is 0 Å². The van der Waals surface area contributed by atoms with Gasteiger partial charge in [-0.05, 0) is 20.8 Å².